The summed E-state index contributed by atoms with van der Waals surface area (Å²) in [6.07, 6.45) is 16.5. The number of aliphatic carboxylic acids is 2. The maximum Gasteiger partial charge on any atom is 0.326 e. The Hall–Kier alpha value is -3.27. The van der Waals surface area contributed by atoms with Crippen molar-refractivity contribution in [2.75, 3.05) is 59.9 Å². The van der Waals surface area contributed by atoms with Crippen molar-refractivity contribution in [1.82, 2.24) is 10.6 Å². The van der Waals surface area contributed by atoms with Crippen LogP contribution in [0, 0.1) is 0 Å². The van der Waals surface area contributed by atoms with E-state index in [0.29, 0.717) is 91.1 Å². The summed E-state index contributed by atoms with van der Waals surface area (Å²) >= 11 is 0. The Bertz CT molecular complexity index is 1070. The predicted octanol–water partition coefficient (Wildman–Crippen LogP) is 6.16. The second-order valence-electron chi connectivity index (χ2n) is 14.0. The first-order valence-electron chi connectivity index (χ1n) is 21.2. The number of hydrogen-bond acceptors (Lipinski definition) is 11. The quantitative estimate of drug-likeness (QED) is 0.0509. The molecule has 1 atom stereocenters. The van der Waals surface area contributed by atoms with Gasteiger partial charge in [-0.15, -0.1) is 0 Å². The first-order chi connectivity index (χ1) is 27.5. The number of Topliss-reactive ketones (excluding diaryl/α,β-unsaturated/α-hetero) is 3. The summed E-state index contributed by atoms with van der Waals surface area (Å²) in [5.41, 5.74) is 0. The van der Waals surface area contributed by atoms with Crippen molar-refractivity contribution in [2.24, 2.45) is 0 Å². The van der Waals surface area contributed by atoms with Crippen molar-refractivity contribution in [3.8, 4) is 0 Å². The van der Waals surface area contributed by atoms with E-state index in [1.54, 1.807) is 14.0 Å². The van der Waals surface area contributed by atoms with Crippen molar-refractivity contribution in [1.29, 1.82) is 0 Å². The summed E-state index contributed by atoms with van der Waals surface area (Å²) < 4.78 is 20.7. The molecule has 0 aromatic rings. The highest BCUT2D eigenvalue weighted by molar-refractivity contribution is 5.84. The van der Waals surface area contributed by atoms with Gasteiger partial charge in [-0.05, 0) is 38.5 Å². The minimum Gasteiger partial charge on any atom is -0.481 e. The van der Waals surface area contributed by atoms with E-state index in [0.717, 1.165) is 83.5 Å². The summed E-state index contributed by atoms with van der Waals surface area (Å²) in [6, 6.07) is -1.04. The first kappa shape index (κ1) is 55.8. The third-order valence-electron chi connectivity index (χ3n) is 8.90. The van der Waals surface area contributed by atoms with Crippen LogP contribution in [0.5, 0.6) is 0 Å². The molecule has 0 heterocycles. The molecule has 0 unspecified atom stereocenters. The van der Waals surface area contributed by atoms with Crippen LogP contribution < -0.4 is 10.6 Å². The number of methoxy groups -OCH3 is 1. The van der Waals surface area contributed by atoms with E-state index < -0.39 is 18.0 Å². The zero-order valence-corrected chi connectivity index (χ0v) is 35.4. The molecular formula is C42H76N2O13. The number of hydrogen-bond donors (Lipinski definition) is 4. The van der Waals surface area contributed by atoms with E-state index in [-0.39, 0.29) is 55.0 Å². The summed E-state index contributed by atoms with van der Waals surface area (Å²) in [5, 5.41) is 23.2. The molecule has 15 nitrogen and oxygen atoms in total. The van der Waals surface area contributed by atoms with Gasteiger partial charge in [0.15, 0.2) is 5.78 Å². The summed E-state index contributed by atoms with van der Waals surface area (Å²) in [7, 11) is 1.59. The van der Waals surface area contributed by atoms with Crippen molar-refractivity contribution in [3.05, 3.63) is 0 Å². The summed E-state index contributed by atoms with van der Waals surface area (Å²) in [5.74, 6) is -1.78. The van der Waals surface area contributed by atoms with Gasteiger partial charge in [0.2, 0.25) is 11.8 Å². The average molecular weight is 817 g/mol. The Labute approximate surface area is 341 Å². The second kappa shape index (κ2) is 42.3. The zero-order chi connectivity index (χ0) is 42.8. The van der Waals surface area contributed by atoms with Gasteiger partial charge in [0, 0.05) is 71.6 Å². The molecular weight excluding hydrogens is 740 g/mol. The fourth-order valence-corrected chi connectivity index (χ4v) is 5.41. The monoisotopic (exact) mass is 817 g/mol. The Morgan fingerprint density at radius 1 is 0.491 bits per heavy atom. The van der Waals surface area contributed by atoms with Crippen LogP contribution in [0.3, 0.4) is 0 Å². The molecule has 57 heavy (non-hydrogen) atoms. The number of nitrogens with one attached hydrogen (secondary N) is 2. The molecule has 0 aromatic heterocycles. The van der Waals surface area contributed by atoms with Crippen molar-refractivity contribution in [3.63, 3.8) is 0 Å². The number of carbonyl (C=O) groups excluding carboxylic acids is 5. The van der Waals surface area contributed by atoms with E-state index in [4.69, 9.17) is 24.1 Å². The van der Waals surface area contributed by atoms with Gasteiger partial charge in [-0.1, -0.05) is 71.6 Å². The minimum absolute atomic E-state index is 0.00880. The van der Waals surface area contributed by atoms with Crippen LogP contribution in [0.1, 0.15) is 162 Å². The van der Waals surface area contributed by atoms with Gasteiger partial charge >= 0.3 is 11.9 Å². The van der Waals surface area contributed by atoms with Crippen LogP contribution in [0.25, 0.3) is 0 Å². The second-order valence-corrected chi connectivity index (χ2v) is 14.0. The molecule has 2 amide bonds. The molecule has 0 aromatic carbocycles. The largest absolute Gasteiger partial charge is 0.481 e. The minimum atomic E-state index is -1.12. The van der Waals surface area contributed by atoms with E-state index >= 15 is 0 Å². The molecule has 0 aliphatic rings. The van der Waals surface area contributed by atoms with Crippen LogP contribution >= 0.6 is 0 Å². The topological polar surface area (TPSA) is 221 Å². The maximum absolute atomic E-state index is 12.1. The molecule has 0 spiro atoms. The fourth-order valence-electron chi connectivity index (χ4n) is 5.41. The number of amides is 2. The lowest BCUT2D eigenvalue weighted by molar-refractivity contribution is -0.142. The molecule has 0 rings (SSSR count). The molecule has 0 radical (unpaired) electrons. The third kappa shape index (κ3) is 43.7. The Kier molecular flexibility index (Phi) is 41.5. The van der Waals surface area contributed by atoms with Gasteiger partial charge in [0.25, 0.3) is 0 Å². The molecule has 0 saturated heterocycles. The highest BCUT2D eigenvalue weighted by Gasteiger charge is 2.20. The third-order valence-corrected chi connectivity index (χ3v) is 8.90. The summed E-state index contributed by atoms with van der Waals surface area (Å²) in [6.45, 7) is 6.95. The standard InChI is InChI=1S/C25H45NO8.C17H31NO5/c1-33-19-20-34-18-12-13-21(27)16-17-22(25(31)32)26-23(28)14-10-8-6-4-2-3-5-7-9-11-15-24(29)30;1-3-15(19)8-6-5-7-9-16(20)14-23-13-12-22-11-10-18-17(21)4-2/h22H,2-20H2,1H3,(H,26,28)(H,29,30)(H,31,32);3-14H2,1-2H3,(H,18,21)/t22-;/m0./s1. The SMILES string of the molecule is CCC(=O)CCCCCC(=O)COCCOCCNC(=O)CC.COCCOCCCC(=O)CC[C@H](NC(=O)CCCCCCCCCCCCC(=O)O)C(=O)O. The smallest absolute Gasteiger partial charge is 0.326 e. The average Bonchev–Trinajstić information content (AvgIpc) is 3.18. The van der Waals surface area contributed by atoms with Crippen LogP contribution in [0.4, 0.5) is 0 Å². The molecule has 0 saturated carbocycles. The molecule has 0 aliphatic carbocycles. The van der Waals surface area contributed by atoms with Crippen molar-refractivity contribution in [2.45, 2.75) is 168 Å². The van der Waals surface area contributed by atoms with Crippen molar-refractivity contribution >= 4 is 41.1 Å². The Morgan fingerprint density at radius 3 is 1.58 bits per heavy atom. The molecule has 15 heteroatoms. The van der Waals surface area contributed by atoms with Crippen LogP contribution in [0.2, 0.25) is 0 Å². The molecule has 332 valence electrons. The van der Waals surface area contributed by atoms with Gasteiger partial charge < -0.3 is 39.8 Å². The molecule has 0 fully saturated rings. The number of carboxylic acid groups (broad SMARTS) is 2. The highest BCUT2D eigenvalue weighted by atomic mass is 16.5. The lowest BCUT2D eigenvalue weighted by Gasteiger charge is -2.14. The molecule has 4 N–H and O–H groups in total. The number of ketones is 3. The van der Waals surface area contributed by atoms with Gasteiger partial charge in [-0.25, -0.2) is 4.79 Å². The number of carboxylic acids is 2. The number of unbranched alkanes of at least 4 members (excludes halogenated alkanes) is 11. The highest BCUT2D eigenvalue weighted by Crippen LogP contribution is 2.12. The van der Waals surface area contributed by atoms with E-state index in [9.17, 15) is 38.7 Å². The number of ether oxygens (including phenoxy) is 4. The maximum atomic E-state index is 12.1. The Balaban J connectivity index is 0. The van der Waals surface area contributed by atoms with Crippen LogP contribution in [-0.2, 0) is 52.5 Å². The van der Waals surface area contributed by atoms with Gasteiger partial charge in [0.1, 0.15) is 24.2 Å². The van der Waals surface area contributed by atoms with Gasteiger partial charge in [0.05, 0.1) is 33.0 Å². The van der Waals surface area contributed by atoms with Crippen LogP contribution in [0.15, 0.2) is 0 Å². The van der Waals surface area contributed by atoms with Gasteiger partial charge in [-0.3, -0.25) is 28.8 Å². The van der Waals surface area contributed by atoms with Crippen molar-refractivity contribution < 1.29 is 62.7 Å². The number of carbonyl (C=O) groups is 7. The zero-order valence-electron chi connectivity index (χ0n) is 35.4. The predicted molar refractivity (Wildman–Crippen MR) is 217 cm³/mol. The van der Waals surface area contributed by atoms with E-state index in [2.05, 4.69) is 10.6 Å². The normalized spacial score (nSPS) is 11.3. The number of rotatable bonds is 41. The fraction of sp³-hybridized carbons (Fsp3) is 0.833. The van der Waals surface area contributed by atoms with E-state index in [1.165, 1.54) is 0 Å². The van der Waals surface area contributed by atoms with E-state index in [1.807, 2.05) is 6.92 Å². The lowest BCUT2D eigenvalue weighted by atomic mass is 10.0. The van der Waals surface area contributed by atoms with Gasteiger partial charge in [-0.2, -0.15) is 0 Å². The summed E-state index contributed by atoms with van der Waals surface area (Å²) in [4.78, 5) is 79.5. The lowest BCUT2D eigenvalue weighted by Crippen LogP contribution is -2.41. The van der Waals surface area contributed by atoms with Crippen LogP contribution in [-0.4, -0.2) is 117 Å². The Morgan fingerprint density at radius 2 is 1.00 bits per heavy atom. The molecule has 0 aliphatic heterocycles. The first-order valence-corrected chi connectivity index (χ1v) is 21.2. The molecule has 0 bridgehead atoms.